The highest BCUT2D eigenvalue weighted by Gasteiger charge is 2.38. The van der Waals surface area contributed by atoms with E-state index in [2.05, 4.69) is 44.9 Å². The lowest BCUT2D eigenvalue weighted by atomic mass is 10.1. The van der Waals surface area contributed by atoms with Gasteiger partial charge in [-0.05, 0) is 26.8 Å². The minimum atomic E-state index is 0.462. The number of hydrogen-bond acceptors (Lipinski definition) is 6. The molecule has 2 aromatic rings. The molecular formula is C18H26N6O. The van der Waals surface area contributed by atoms with E-state index in [1.807, 2.05) is 6.20 Å². The van der Waals surface area contributed by atoms with Gasteiger partial charge in [-0.2, -0.15) is 5.10 Å². The molecule has 2 bridgehead atoms. The molecule has 5 rings (SSSR count). The number of fused-ring (bicyclic) bond motifs is 3. The van der Waals surface area contributed by atoms with Crippen LogP contribution in [-0.2, 0) is 4.74 Å². The number of aromatic nitrogens is 3. The van der Waals surface area contributed by atoms with E-state index < -0.39 is 0 Å². The first-order valence-corrected chi connectivity index (χ1v) is 9.36. The van der Waals surface area contributed by atoms with Crippen molar-refractivity contribution < 1.29 is 4.74 Å². The number of morpholine rings is 1. The van der Waals surface area contributed by atoms with Crippen molar-refractivity contribution in [3.8, 4) is 0 Å². The standard InChI is InChI=1S/C18H26N6O/c1-12-9-22(2)5-6-23(12)16-7-17(20-18-15(16)8-19-21-18)24-13-3-4-14(24)11-25-10-13/h7-8,12-14H,3-6,9-11H2,1-2H3,(H,19,20,21)/t12-,13?,14?/m1/s1. The molecule has 3 saturated heterocycles. The molecule has 25 heavy (non-hydrogen) atoms. The molecular weight excluding hydrogens is 316 g/mol. The fourth-order valence-corrected chi connectivity index (χ4v) is 4.77. The Balaban J connectivity index is 1.58. The zero-order valence-corrected chi connectivity index (χ0v) is 15.0. The van der Waals surface area contributed by atoms with Gasteiger partial charge < -0.3 is 19.4 Å². The van der Waals surface area contributed by atoms with E-state index in [4.69, 9.17) is 9.72 Å². The maximum Gasteiger partial charge on any atom is 0.159 e. The maximum absolute atomic E-state index is 5.75. The summed E-state index contributed by atoms with van der Waals surface area (Å²) >= 11 is 0. The summed E-state index contributed by atoms with van der Waals surface area (Å²) in [4.78, 5) is 12.3. The van der Waals surface area contributed by atoms with Crippen LogP contribution >= 0.6 is 0 Å². The Morgan fingerprint density at radius 2 is 2.00 bits per heavy atom. The first kappa shape index (κ1) is 15.4. The summed E-state index contributed by atoms with van der Waals surface area (Å²) in [5, 5.41) is 8.49. The smallest absolute Gasteiger partial charge is 0.159 e. The van der Waals surface area contributed by atoms with Gasteiger partial charge in [0.2, 0.25) is 0 Å². The van der Waals surface area contributed by atoms with Gasteiger partial charge in [-0.15, -0.1) is 0 Å². The molecule has 3 fully saturated rings. The number of anilines is 2. The zero-order chi connectivity index (χ0) is 17.0. The molecule has 134 valence electrons. The molecule has 0 amide bonds. The fraction of sp³-hybridized carbons (Fsp3) is 0.667. The predicted octanol–water partition coefficient (Wildman–Crippen LogP) is 1.47. The normalized spacial score (nSPS) is 30.4. The van der Waals surface area contributed by atoms with E-state index >= 15 is 0 Å². The average Bonchev–Trinajstić information content (AvgIpc) is 3.16. The Morgan fingerprint density at radius 3 is 2.76 bits per heavy atom. The number of ether oxygens (including phenoxy) is 1. The predicted molar refractivity (Wildman–Crippen MR) is 98.3 cm³/mol. The molecule has 0 spiro atoms. The van der Waals surface area contributed by atoms with Crippen LogP contribution in [-0.4, -0.2) is 78.1 Å². The summed E-state index contributed by atoms with van der Waals surface area (Å²) in [5.41, 5.74) is 2.16. The second kappa shape index (κ2) is 5.85. The van der Waals surface area contributed by atoms with Crippen LogP contribution < -0.4 is 9.80 Å². The van der Waals surface area contributed by atoms with Crippen molar-refractivity contribution in [1.82, 2.24) is 20.1 Å². The summed E-state index contributed by atoms with van der Waals surface area (Å²) in [5.74, 6) is 1.08. The summed E-state index contributed by atoms with van der Waals surface area (Å²) in [6.45, 7) is 7.15. The minimum absolute atomic E-state index is 0.462. The van der Waals surface area contributed by atoms with Gasteiger partial charge in [0, 0.05) is 31.7 Å². The summed E-state index contributed by atoms with van der Waals surface area (Å²) < 4.78 is 5.75. The van der Waals surface area contributed by atoms with Gasteiger partial charge in [0.15, 0.2) is 5.65 Å². The van der Waals surface area contributed by atoms with E-state index in [0.717, 1.165) is 49.7 Å². The third-order valence-electron chi connectivity index (χ3n) is 6.03. The van der Waals surface area contributed by atoms with E-state index in [9.17, 15) is 0 Å². The van der Waals surface area contributed by atoms with Gasteiger partial charge in [0.25, 0.3) is 0 Å². The molecule has 0 aromatic carbocycles. The average molecular weight is 342 g/mol. The van der Waals surface area contributed by atoms with Gasteiger partial charge >= 0.3 is 0 Å². The lowest BCUT2D eigenvalue weighted by Crippen LogP contribution is -2.51. The molecule has 1 N–H and O–H groups in total. The molecule has 5 heterocycles. The van der Waals surface area contributed by atoms with Gasteiger partial charge in [-0.3, -0.25) is 5.10 Å². The third kappa shape index (κ3) is 2.48. The Kier molecular flexibility index (Phi) is 3.60. The number of nitrogens with one attached hydrogen (secondary N) is 1. The largest absolute Gasteiger partial charge is 0.377 e. The van der Waals surface area contributed by atoms with Crippen molar-refractivity contribution >= 4 is 22.5 Å². The number of piperazine rings is 1. The summed E-state index contributed by atoms with van der Waals surface area (Å²) in [6, 6.07) is 3.69. The molecule has 3 aliphatic rings. The minimum Gasteiger partial charge on any atom is -0.377 e. The highest BCUT2D eigenvalue weighted by molar-refractivity contribution is 5.91. The van der Waals surface area contributed by atoms with Crippen LogP contribution in [0.3, 0.4) is 0 Å². The van der Waals surface area contributed by atoms with Crippen LogP contribution in [0.2, 0.25) is 0 Å². The number of aromatic amines is 1. The quantitative estimate of drug-likeness (QED) is 0.892. The molecule has 7 heteroatoms. The number of likely N-dealkylation sites (N-methyl/N-ethyl adjacent to an activating group) is 1. The second-order valence-corrected chi connectivity index (χ2v) is 7.77. The van der Waals surface area contributed by atoms with E-state index in [0.29, 0.717) is 18.1 Å². The molecule has 2 aromatic heterocycles. The highest BCUT2D eigenvalue weighted by Crippen LogP contribution is 2.37. The molecule has 0 radical (unpaired) electrons. The Bertz CT molecular complexity index is 760. The van der Waals surface area contributed by atoms with Crippen LogP contribution in [0.1, 0.15) is 19.8 Å². The second-order valence-electron chi connectivity index (χ2n) is 7.77. The van der Waals surface area contributed by atoms with Crippen LogP contribution in [0.4, 0.5) is 11.5 Å². The third-order valence-corrected chi connectivity index (χ3v) is 6.03. The first-order valence-electron chi connectivity index (χ1n) is 9.36. The van der Waals surface area contributed by atoms with E-state index in [1.54, 1.807) is 0 Å². The van der Waals surface area contributed by atoms with Crippen LogP contribution in [0.5, 0.6) is 0 Å². The first-order chi connectivity index (χ1) is 12.2. The number of rotatable bonds is 2. The number of nitrogens with zero attached hydrogens (tertiary/aromatic N) is 5. The topological polar surface area (TPSA) is 60.5 Å². The monoisotopic (exact) mass is 342 g/mol. The summed E-state index contributed by atoms with van der Waals surface area (Å²) in [7, 11) is 2.20. The Morgan fingerprint density at radius 1 is 1.20 bits per heavy atom. The van der Waals surface area contributed by atoms with Crippen molar-refractivity contribution in [3.63, 3.8) is 0 Å². The van der Waals surface area contributed by atoms with Gasteiger partial charge in [0.1, 0.15) is 5.82 Å². The zero-order valence-electron chi connectivity index (χ0n) is 15.0. The molecule has 0 saturated carbocycles. The van der Waals surface area contributed by atoms with Crippen LogP contribution in [0, 0.1) is 0 Å². The number of H-pyrrole nitrogens is 1. The molecule has 2 unspecified atom stereocenters. The maximum atomic E-state index is 5.75. The van der Waals surface area contributed by atoms with Crippen molar-refractivity contribution in [2.45, 2.75) is 37.9 Å². The summed E-state index contributed by atoms with van der Waals surface area (Å²) in [6.07, 6.45) is 4.32. The Labute approximate surface area is 147 Å². The lowest BCUT2D eigenvalue weighted by molar-refractivity contribution is 0.0902. The molecule has 7 nitrogen and oxygen atoms in total. The highest BCUT2D eigenvalue weighted by atomic mass is 16.5. The molecule has 3 aliphatic heterocycles. The van der Waals surface area contributed by atoms with Gasteiger partial charge in [0.05, 0.1) is 42.6 Å². The lowest BCUT2D eigenvalue weighted by Gasteiger charge is -2.41. The van der Waals surface area contributed by atoms with Crippen molar-refractivity contribution in [2.75, 3.05) is 49.7 Å². The Hall–Kier alpha value is -1.86. The molecule has 3 atom stereocenters. The van der Waals surface area contributed by atoms with Gasteiger partial charge in [-0.25, -0.2) is 4.98 Å². The van der Waals surface area contributed by atoms with Crippen LogP contribution in [0.25, 0.3) is 11.0 Å². The van der Waals surface area contributed by atoms with E-state index in [-0.39, 0.29) is 0 Å². The number of hydrogen-bond donors (Lipinski definition) is 1. The fourth-order valence-electron chi connectivity index (χ4n) is 4.77. The molecule has 0 aliphatic carbocycles. The van der Waals surface area contributed by atoms with Crippen molar-refractivity contribution in [3.05, 3.63) is 12.3 Å². The number of pyridine rings is 1. The van der Waals surface area contributed by atoms with Crippen molar-refractivity contribution in [1.29, 1.82) is 0 Å². The van der Waals surface area contributed by atoms with Crippen molar-refractivity contribution in [2.24, 2.45) is 0 Å². The SMILES string of the molecule is C[C@@H]1CN(C)CCN1c1cc(N2C3CCC2COC3)nc2[nH]ncc12. The van der Waals surface area contributed by atoms with Crippen LogP contribution in [0.15, 0.2) is 12.3 Å². The van der Waals surface area contributed by atoms with E-state index in [1.165, 1.54) is 18.5 Å². The van der Waals surface area contributed by atoms with Gasteiger partial charge in [-0.1, -0.05) is 0 Å².